The van der Waals surface area contributed by atoms with Crippen LogP contribution in [0.2, 0.25) is 0 Å². The minimum absolute atomic E-state index is 0.0174. The largest absolute Gasteiger partial charge is 0.478 e. The second-order valence-electron chi connectivity index (χ2n) is 27.9. The molecule has 0 heterocycles. The van der Waals surface area contributed by atoms with Crippen molar-refractivity contribution >= 4 is 449 Å². The zero-order valence-electron chi connectivity index (χ0n) is 52.6. The molecule has 0 radical (unpaired) electrons. The normalized spacial score (nSPS) is 13.4. The van der Waals surface area contributed by atoms with Crippen molar-refractivity contribution in [1.82, 2.24) is 5.32 Å². The predicted octanol–water partition coefficient (Wildman–Crippen LogP) is 25.5. The average molecular weight is 2300 g/mol. The number of nitrogens with one attached hydrogen (secondary N) is 1. The monoisotopic (exact) mass is 2300 g/mol. The van der Waals surface area contributed by atoms with Crippen molar-refractivity contribution in [2.45, 2.75) is 53.9 Å². The Balaban J connectivity index is 0.959. The van der Waals surface area contributed by atoms with Gasteiger partial charge in [0.2, 0.25) is 0 Å². The highest BCUT2D eigenvalue weighted by Gasteiger charge is 2.44. The van der Waals surface area contributed by atoms with E-state index in [0.717, 1.165) is 131 Å². The molecule has 480 valence electrons. The van der Waals surface area contributed by atoms with E-state index in [0.29, 0.717) is 42.5 Å². The fraction of sp³-hybridized carbons (Fsp3) is 0.108. The molecule has 22 aromatic carbocycles. The lowest BCUT2D eigenvalue weighted by molar-refractivity contribution is 0.0655. The Morgan fingerprint density at radius 2 is 0.640 bits per heavy atom. The number of benzene rings is 22. The molecule has 0 aliphatic rings. The second-order valence-corrected chi connectivity index (χ2v) is 37.6. The lowest BCUT2D eigenvalue weighted by atomic mass is 9.68. The minimum Gasteiger partial charge on any atom is -0.478 e. The Labute approximate surface area is 686 Å². The van der Waals surface area contributed by atoms with E-state index in [9.17, 15) is 20.1 Å². The van der Waals surface area contributed by atoms with Crippen LogP contribution < -0.4 is 10.5 Å². The van der Waals surface area contributed by atoms with E-state index in [1.54, 1.807) is 0 Å². The maximum atomic E-state index is 15.9. The summed E-state index contributed by atoms with van der Waals surface area (Å²) in [5.41, 5.74) is 5.30. The third kappa shape index (κ3) is 6.71. The smallest absolute Gasteiger partial charge is 0.337 e. The van der Waals surface area contributed by atoms with Crippen LogP contribution in [0, 0.1) is 66.8 Å². The molecular formula is C83H38I9NO7. The van der Waals surface area contributed by atoms with Gasteiger partial charge in [-0.2, -0.15) is 0 Å². The first-order valence-electron chi connectivity index (χ1n) is 32.5. The maximum absolute atomic E-state index is 15.9. The molecule has 1 amide bonds. The summed E-state index contributed by atoms with van der Waals surface area (Å²) in [6, 6.07) is 19.6. The van der Waals surface area contributed by atoms with Gasteiger partial charge in [-0.1, -0.05) is 61.2 Å². The Morgan fingerprint density at radius 1 is 0.310 bits per heavy atom. The predicted molar refractivity (Wildman–Crippen MR) is 491 cm³/mol. The topological polar surface area (TPSA) is 141 Å². The van der Waals surface area contributed by atoms with Crippen molar-refractivity contribution in [3.63, 3.8) is 0 Å². The molecule has 0 spiro atoms. The van der Waals surface area contributed by atoms with Gasteiger partial charge < -0.3 is 20.6 Å². The van der Waals surface area contributed by atoms with Crippen molar-refractivity contribution in [3.05, 3.63) is 148 Å². The van der Waals surface area contributed by atoms with Gasteiger partial charge in [0.15, 0.2) is 0 Å². The Morgan fingerprint density at radius 3 is 1.13 bits per heavy atom. The quantitative estimate of drug-likeness (QED) is 0.0488. The molecule has 4 N–H and O–H groups in total. The lowest BCUT2D eigenvalue weighted by Gasteiger charge is -2.35. The van der Waals surface area contributed by atoms with Crippen LogP contribution in [0.5, 0.6) is 0 Å². The number of rotatable bonds is 9. The van der Waals surface area contributed by atoms with Gasteiger partial charge in [0.05, 0.1) is 22.3 Å². The van der Waals surface area contributed by atoms with E-state index in [1.165, 1.54) is 121 Å². The van der Waals surface area contributed by atoms with E-state index in [4.69, 9.17) is 6.58 Å². The zero-order valence-corrected chi connectivity index (χ0v) is 72.0. The summed E-state index contributed by atoms with van der Waals surface area (Å²) in [6.45, 7) is 16.3. The minimum atomic E-state index is -1.50. The number of carbonyl (C=O) groups excluding carboxylic acids is 1. The summed E-state index contributed by atoms with van der Waals surface area (Å²) in [7, 11) is 0. The summed E-state index contributed by atoms with van der Waals surface area (Å²) in [4.78, 5) is 61.1. The molecule has 0 unspecified atom stereocenters. The molecule has 8 nitrogen and oxygen atoms in total. The van der Waals surface area contributed by atoms with Crippen LogP contribution in [-0.2, 0) is 6.42 Å². The standard InChI is InChI=1S/C83H38I9NO7/c1-20-21(2)32-33-22(3)23(4)71(84)63-40(33)43-41-38(32)37-31(20)24(5)72(85)64-54(37)48-44(41)46-47-45-42-39-34(25(6)73(86)65-55(39)49(47)57(48)66(75(64)88)76(65)89)60(81(95)96)61(82(97)98)52(42)53-59-51(45)58-50(46)56(43)67(74(63)87)77(90)68(58)78(91)69(59)79(92)70(62(53)83(99)100)80(94)93-19-8-7-10-26-13-14-29-16-15-27-11-9-12-28-17-18-30(26)36(29)35(27)28/h9,11-18H,1,7-8,10,19H2,2-6H3,(H,93,94)(H,95,96)(H,97,98)(H,99,100). The molecule has 22 rings (SSSR count). The molecule has 0 saturated carbocycles. The summed E-state index contributed by atoms with van der Waals surface area (Å²) in [5.74, 6) is -4.97. The third-order valence-electron chi connectivity index (χ3n) is 24.0. The molecule has 0 bridgehead atoms. The number of carboxylic acids is 3. The first-order chi connectivity index (χ1) is 48.0. The highest BCUT2D eigenvalue weighted by Crippen LogP contribution is 2.68. The summed E-state index contributed by atoms with van der Waals surface area (Å²) in [6.07, 6.45) is 2.07. The van der Waals surface area contributed by atoms with Crippen LogP contribution in [0.3, 0.4) is 0 Å². The molecule has 0 aliphatic heterocycles. The van der Waals surface area contributed by atoms with Crippen LogP contribution in [0.4, 0.5) is 0 Å². The first-order valence-corrected chi connectivity index (χ1v) is 42.2. The number of halogens is 9. The van der Waals surface area contributed by atoms with E-state index in [1.807, 2.05) is 6.92 Å². The van der Waals surface area contributed by atoms with Crippen molar-refractivity contribution in [2.75, 3.05) is 6.54 Å². The molecule has 0 fully saturated rings. The number of hydrogen-bond donors (Lipinski definition) is 4. The van der Waals surface area contributed by atoms with Crippen LogP contribution in [0.1, 0.15) is 87.7 Å². The van der Waals surface area contributed by atoms with Gasteiger partial charge in [-0.25, -0.2) is 14.4 Å². The molecular weight excluding hydrogens is 2270 g/mol. The van der Waals surface area contributed by atoms with Gasteiger partial charge in [0.25, 0.3) is 5.91 Å². The van der Waals surface area contributed by atoms with E-state index < -0.39 is 34.9 Å². The SMILES string of the molecule is C=c1c(C)c2c3c(C)c(C)c(I)c4c(I)c5c(I)c6c(I)c7c(I)c(C(=O)NCCCCc8ccc9ccc%10cccc%11ccc8c9c%10%11)c(C(=O)O)c8c9c(C(=O)O)c(C(=O)O)c%10c(C)c(I)c%11c(I)c%12c(I)c%13c(I)c(C)c1c1c%13c%13c%12c%12c%11c%10c9c9c(c78)c6c6c5c(c43)c(c21)c%13c6c%129. The fourth-order valence-electron chi connectivity index (χ4n) is 20.2. The summed E-state index contributed by atoms with van der Waals surface area (Å²) in [5, 5.41) is 80.3. The van der Waals surface area contributed by atoms with Gasteiger partial charge in [-0.15, -0.1) is 0 Å². The average Bonchev–Trinajstić information content (AvgIpc) is 0.630. The Hall–Kier alpha value is -4.65. The molecule has 0 aliphatic carbocycles. The molecule has 100 heavy (non-hydrogen) atoms. The second kappa shape index (κ2) is 20.3. The van der Waals surface area contributed by atoms with Crippen molar-refractivity contribution in [2.24, 2.45) is 0 Å². The van der Waals surface area contributed by atoms with Gasteiger partial charge in [-0.3, -0.25) is 4.79 Å². The molecule has 0 atom stereocenters. The maximum Gasteiger partial charge on any atom is 0.337 e. The number of amides is 1. The van der Waals surface area contributed by atoms with Gasteiger partial charge in [-0.05, 0) is 366 Å². The zero-order chi connectivity index (χ0) is 68.8. The van der Waals surface area contributed by atoms with Crippen molar-refractivity contribution in [3.8, 4) is 0 Å². The van der Waals surface area contributed by atoms with Crippen LogP contribution in [0.25, 0.3) is 222 Å². The highest BCUT2D eigenvalue weighted by molar-refractivity contribution is 14.1. The number of carboxylic acid groups (broad SMARTS) is 3. The molecule has 22 aromatic rings. The number of aryl methyl sites for hydroxylation is 5. The van der Waals surface area contributed by atoms with E-state index >= 15 is 14.4 Å². The van der Waals surface area contributed by atoms with Crippen LogP contribution in [0.15, 0.2) is 54.6 Å². The first kappa shape index (κ1) is 62.7. The highest BCUT2D eigenvalue weighted by atomic mass is 127. The number of hydrogen-bond acceptors (Lipinski definition) is 4. The van der Waals surface area contributed by atoms with Crippen molar-refractivity contribution < 1.29 is 34.5 Å². The third-order valence-corrected chi connectivity index (χ3v) is 34.5. The Bertz CT molecular complexity index is 7840. The van der Waals surface area contributed by atoms with Crippen LogP contribution >= 0.6 is 203 Å². The summed E-state index contributed by atoms with van der Waals surface area (Å²) < 4.78 is 8.68. The van der Waals surface area contributed by atoms with Gasteiger partial charge in [0, 0.05) is 184 Å². The van der Waals surface area contributed by atoms with E-state index in [2.05, 4.69) is 291 Å². The van der Waals surface area contributed by atoms with Gasteiger partial charge >= 0.3 is 17.9 Å². The molecule has 17 heteroatoms. The van der Waals surface area contributed by atoms with E-state index in [-0.39, 0.29) is 28.4 Å². The number of aromatic carboxylic acids is 3. The fourth-order valence-corrected chi connectivity index (χ4v) is 32.8. The number of unbranched alkanes of at least 4 members (excludes halogenated alkanes) is 1. The van der Waals surface area contributed by atoms with Gasteiger partial charge in [0.1, 0.15) is 0 Å². The lowest BCUT2D eigenvalue weighted by Crippen LogP contribution is -2.28. The molecule has 0 aromatic heterocycles. The number of fused-ring (bicyclic) bond motifs is 2. The molecule has 0 saturated heterocycles. The van der Waals surface area contributed by atoms with Crippen LogP contribution in [-0.4, -0.2) is 45.7 Å². The number of carbonyl (C=O) groups is 4. The van der Waals surface area contributed by atoms with Crippen molar-refractivity contribution in [1.29, 1.82) is 0 Å². The summed E-state index contributed by atoms with van der Waals surface area (Å²) >= 11 is 22.8. The Kier molecular flexibility index (Phi) is 12.7.